The summed E-state index contributed by atoms with van der Waals surface area (Å²) in [5, 5.41) is 7.21. The Balaban J connectivity index is 1.58. The summed E-state index contributed by atoms with van der Waals surface area (Å²) in [4.78, 5) is 20.9. The average molecular weight is 324 g/mol. The predicted molar refractivity (Wildman–Crippen MR) is 92.8 cm³/mol. The molecule has 1 amide bonds. The number of benzene rings is 1. The minimum absolute atomic E-state index is 0.00947. The maximum absolute atomic E-state index is 12.4. The number of nitrogens with zero attached hydrogens (tertiary/aromatic N) is 2. The fourth-order valence-corrected chi connectivity index (χ4v) is 3.29. The minimum Gasteiger partial charge on any atom is -0.450 e. The summed E-state index contributed by atoms with van der Waals surface area (Å²) < 4.78 is 5.88. The third-order valence-electron chi connectivity index (χ3n) is 4.61. The summed E-state index contributed by atoms with van der Waals surface area (Å²) >= 11 is 0. The summed E-state index contributed by atoms with van der Waals surface area (Å²) in [5.74, 6) is 0.537. The number of amides is 1. The molecule has 6 heteroatoms. The van der Waals surface area contributed by atoms with Gasteiger partial charge in [0.05, 0.1) is 0 Å². The van der Waals surface area contributed by atoms with Crippen LogP contribution in [0, 0.1) is 0 Å². The molecular formula is C18H20N4O2. The van der Waals surface area contributed by atoms with E-state index in [2.05, 4.69) is 20.6 Å². The van der Waals surface area contributed by atoms with Crippen LogP contribution < -0.4 is 10.6 Å². The van der Waals surface area contributed by atoms with Crippen molar-refractivity contribution in [1.82, 2.24) is 15.3 Å². The van der Waals surface area contributed by atoms with E-state index in [-0.39, 0.29) is 5.91 Å². The molecule has 2 N–H and O–H groups in total. The number of fused-ring (bicyclic) bond motifs is 3. The number of furan rings is 1. The molecule has 0 saturated heterocycles. The Morgan fingerprint density at radius 1 is 1.25 bits per heavy atom. The van der Waals surface area contributed by atoms with Crippen molar-refractivity contribution in [3.05, 3.63) is 30.6 Å². The van der Waals surface area contributed by atoms with Gasteiger partial charge in [0.1, 0.15) is 23.5 Å². The Kier molecular flexibility index (Phi) is 3.80. The van der Waals surface area contributed by atoms with Crippen molar-refractivity contribution >= 4 is 33.8 Å². The average Bonchev–Trinajstić information content (AvgIpc) is 3.22. The van der Waals surface area contributed by atoms with Gasteiger partial charge in [0.15, 0.2) is 11.4 Å². The molecule has 24 heavy (non-hydrogen) atoms. The van der Waals surface area contributed by atoms with Crippen LogP contribution in [0.3, 0.4) is 0 Å². The Bertz CT molecular complexity index is 883. The molecule has 1 fully saturated rings. The predicted octanol–water partition coefficient (Wildman–Crippen LogP) is 3.24. The molecule has 3 aromatic rings. The topological polar surface area (TPSA) is 80.1 Å². The van der Waals surface area contributed by atoms with E-state index in [1.807, 2.05) is 31.2 Å². The molecule has 1 aromatic carbocycles. The van der Waals surface area contributed by atoms with Crippen molar-refractivity contribution in [2.75, 3.05) is 5.32 Å². The van der Waals surface area contributed by atoms with Gasteiger partial charge >= 0.3 is 0 Å². The first-order valence-corrected chi connectivity index (χ1v) is 8.41. The molecule has 0 radical (unpaired) electrons. The highest BCUT2D eigenvalue weighted by molar-refractivity contribution is 6.05. The summed E-state index contributed by atoms with van der Waals surface area (Å²) in [6.07, 6.45) is 6.02. The van der Waals surface area contributed by atoms with E-state index in [1.165, 1.54) is 19.2 Å². The Hall–Kier alpha value is -2.63. The summed E-state index contributed by atoms with van der Waals surface area (Å²) in [5.41, 5.74) is 2.10. The number of hydrogen-bond acceptors (Lipinski definition) is 5. The van der Waals surface area contributed by atoms with E-state index in [9.17, 15) is 4.79 Å². The molecular weight excluding hydrogens is 304 g/mol. The normalized spacial score (nSPS) is 16.5. The van der Waals surface area contributed by atoms with Gasteiger partial charge in [-0.05, 0) is 31.9 Å². The van der Waals surface area contributed by atoms with Gasteiger partial charge in [0.25, 0.3) is 0 Å². The number of carbonyl (C=O) groups is 1. The van der Waals surface area contributed by atoms with E-state index in [0.29, 0.717) is 17.4 Å². The number of rotatable bonds is 4. The molecule has 4 rings (SSSR count). The Labute approximate surface area is 139 Å². The van der Waals surface area contributed by atoms with E-state index in [1.54, 1.807) is 0 Å². The van der Waals surface area contributed by atoms with Gasteiger partial charge in [-0.25, -0.2) is 9.97 Å². The van der Waals surface area contributed by atoms with Crippen LogP contribution in [-0.2, 0) is 4.79 Å². The number of aromatic nitrogens is 2. The van der Waals surface area contributed by atoms with E-state index in [4.69, 9.17) is 4.42 Å². The molecule has 0 aliphatic heterocycles. The summed E-state index contributed by atoms with van der Waals surface area (Å²) in [6, 6.07) is 7.65. The van der Waals surface area contributed by atoms with Crippen LogP contribution in [0.1, 0.15) is 32.6 Å². The molecule has 2 heterocycles. The molecule has 2 aromatic heterocycles. The second-order valence-electron chi connectivity index (χ2n) is 6.35. The molecule has 0 spiro atoms. The van der Waals surface area contributed by atoms with E-state index >= 15 is 0 Å². The largest absolute Gasteiger partial charge is 0.450 e. The molecule has 0 bridgehead atoms. The number of hydrogen-bond donors (Lipinski definition) is 2. The summed E-state index contributed by atoms with van der Waals surface area (Å²) in [6.45, 7) is 1.83. The first kappa shape index (κ1) is 14.9. The Morgan fingerprint density at radius 2 is 2.04 bits per heavy atom. The van der Waals surface area contributed by atoms with Crippen molar-refractivity contribution in [2.24, 2.45) is 0 Å². The molecule has 6 nitrogen and oxygen atoms in total. The number of para-hydroxylation sites is 1. The lowest BCUT2D eigenvalue weighted by Crippen LogP contribution is -2.42. The van der Waals surface area contributed by atoms with Gasteiger partial charge in [-0.3, -0.25) is 4.79 Å². The zero-order chi connectivity index (χ0) is 16.5. The molecule has 1 saturated carbocycles. The zero-order valence-electron chi connectivity index (χ0n) is 13.6. The second kappa shape index (κ2) is 6.11. The van der Waals surface area contributed by atoms with Gasteiger partial charge in [0, 0.05) is 11.4 Å². The number of anilines is 1. The van der Waals surface area contributed by atoms with Crippen LogP contribution in [0.2, 0.25) is 0 Å². The lowest BCUT2D eigenvalue weighted by molar-refractivity contribution is -0.122. The van der Waals surface area contributed by atoms with Crippen LogP contribution in [0.5, 0.6) is 0 Å². The lowest BCUT2D eigenvalue weighted by Gasteiger charge is -2.18. The minimum atomic E-state index is -0.392. The van der Waals surface area contributed by atoms with Crippen LogP contribution in [-0.4, -0.2) is 28.0 Å². The van der Waals surface area contributed by atoms with Gasteiger partial charge in [0.2, 0.25) is 5.91 Å². The fourth-order valence-electron chi connectivity index (χ4n) is 3.29. The van der Waals surface area contributed by atoms with Crippen molar-refractivity contribution in [3.63, 3.8) is 0 Å². The van der Waals surface area contributed by atoms with Crippen LogP contribution >= 0.6 is 0 Å². The lowest BCUT2D eigenvalue weighted by atomic mass is 10.2. The van der Waals surface area contributed by atoms with Crippen LogP contribution in [0.4, 0.5) is 5.82 Å². The number of nitrogens with one attached hydrogen (secondary N) is 2. The first-order chi connectivity index (χ1) is 11.7. The quantitative estimate of drug-likeness (QED) is 0.770. The third kappa shape index (κ3) is 2.68. The highest BCUT2D eigenvalue weighted by atomic mass is 16.3. The molecule has 1 aliphatic carbocycles. The van der Waals surface area contributed by atoms with E-state index < -0.39 is 6.04 Å². The number of carbonyl (C=O) groups excluding carboxylic acids is 1. The van der Waals surface area contributed by atoms with Crippen LogP contribution in [0.15, 0.2) is 35.0 Å². The van der Waals surface area contributed by atoms with Crippen molar-refractivity contribution in [1.29, 1.82) is 0 Å². The van der Waals surface area contributed by atoms with Crippen LogP contribution in [0.25, 0.3) is 22.1 Å². The van der Waals surface area contributed by atoms with Gasteiger partial charge in [-0.1, -0.05) is 25.0 Å². The zero-order valence-corrected chi connectivity index (χ0v) is 13.6. The monoisotopic (exact) mass is 324 g/mol. The maximum atomic E-state index is 12.4. The van der Waals surface area contributed by atoms with Gasteiger partial charge in [-0.2, -0.15) is 0 Å². The highest BCUT2D eigenvalue weighted by Gasteiger charge is 2.22. The van der Waals surface area contributed by atoms with E-state index in [0.717, 1.165) is 29.3 Å². The van der Waals surface area contributed by atoms with Gasteiger partial charge < -0.3 is 15.1 Å². The second-order valence-corrected chi connectivity index (χ2v) is 6.35. The molecule has 1 aliphatic rings. The molecule has 124 valence electrons. The molecule has 0 unspecified atom stereocenters. The van der Waals surface area contributed by atoms with Crippen molar-refractivity contribution < 1.29 is 9.21 Å². The van der Waals surface area contributed by atoms with Crippen molar-refractivity contribution in [3.8, 4) is 0 Å². The standard InChI is InChI=1S/C18H20N4O2/c1-11(18(23)22-12-6-2-3-7-12)21-17-16-15(19-10-20-17)13-8-4-5-9-14(13)24-16/h4-5,8-12H,2-3,6-7H2,1H3,(H,22,23)(H,19,20,21)/t11-/m1/s1. The molecule has 1 atom stereocenters. The Morgan fingerprint density at radius 3 is 2.88 bits per heavy atom. The third-order valence-corrected chi connectivity index (χ3v) is 4.61. The summed E-state index contributed by atoms with van der Waals surface area (Å²) in [7, 11) is 0. The highest BCUT2D eigenvalue weighted by Crippen LogP contribution is 2.30. The smallest absolute Gasteiger partial charge is 0.242 e. The van der Waals surface area contributed by atoms with Gasteiger partial charge in [-0.15, -0.1) is 0 Å². The SMILES string of the molecule is C[C@@H](Nc1ncnc2c1oc1ccccc12)C(=O)NC1CCCC1. The maximum Gasteiger partial charge on any atom is 0.242 e. The van der Waals surface area contributed by atoms with Crippen molar-refractivity contribution in [2.45, 2.75) is 44.7 Å². The fraction of sp³-hybridized carbons (Fsp3) is 0.389. The first-order valence-electron chi connectivity index (χ1n) is 8.41.